The van der Waals surface area contributed by atoms with Crippen molar-refractivity contribution in [1.29, 1.82) is 0 Å². The molecule has 1 amide bonds. The molecule has 3 rings (SSSR count). The molecule has 1 aromatic carbocycles. The minimum Gasteiger partial charge on any atom is -0.387 e. The number of ether oxygens (including phenoxy) is 1. The molecule has 120 valence electrons. The summed E-state index contributed by atoms with van der Waals surface area (Å²) in [6.07, 6.45) is 3.53. The summed E-state index contributed by atoms with van der Waals surface area (Å²) in [7, 11) is 0. The summed E-state index contributed by atoms with van der Waals surface area (Å²) >= 11 is 0. The number of hydrogen-bond donors (Lipinski definition) is 2. The van der Waals surface area contributed by atoms with E-state index in [1.165, 1.54) is 12.1 Å². The number of fused-ring (bicyclic) bond motifs is 1. The van der Waals surface area contributed by atoms with E-state index in [0.29, 0.717) is 32.6 Å². The quantitative estimate of drug-likeness (QED) is 0.893. The third-order valence-corrected chi connectivity index (χ3v) is 4.69. The molecular weight excluding hydrogens is 285 g/mol. The first kappa shape index (κ1) is 15.4. The summed E-state index contributed by atoms with van der Waals surface area (Å²) < 4.78 is 18.5. The average molecular weight is 307 g/mol. The van der Waals surface area contributed by atoms with Gasteiger partial charge in [0.1, 0.15) is 5.82 Å². The van der Waals surface area contributed by atoms with Gasteiger partial charge in [-0.3, -0.25) is 4.79 Å². The largest absolute Gasteiger partial charge is 0.387 e. The first-order valence-corrected chi connectivity index (χ1v) is 7.94. The van der Waals surface area contributed by atoms with E-state index < -0.39 is 5.60 Å². The molecule has 4 nitrogen and oxygen atoms in total. The zero-order chi connectivity index (χ0) is 15.6. The van der Waals surface area contributed by atoms with Crippen LogP contribution in [0.4, 0.5) is 4.39 Å². The van der Waals surface area contributed by atoms with Crippen molar-refractivity contribution in [2.24, 2.45) is 0 Å². The maximum absolute atomic E-state index is 13.2. The van der Waals surface area contributed by atoms with Gasteiger partial charge in [-0.05, 0) is 55.4 Å². The summed E-state index contributed by atoms with van der Waals surface area (Å²) in [5.41, 5.74) is 1.04. The summed E-state index contributed by atoms with van der Waals surface area (Å²) in [4.78, 5) is 12.3. The normalized spacial score (nSPS) is 27.5. The third kappa shape index (κ3) is 3.31. The molecule has 2 atom stereocenters. The number of halogens is 1. The first-order valence-electron chi connectivity index (χ1n) is 7.94. The van der Waals surface area contributed by atoms with E-state index in [1.54, 1.807) is 6.07 Å². The number of aryl methyl sites for hydroxylation is 1. The van der Waals surface area contributed by atoms with Crippen molar-refractivity contribution in [1.82, 2.24) is 5.32 Å². The molecule has 0 saturated carbocycles. The summed E-state index contributed by atoms with van der Waals surface area (Å²) in [6.45, 7) is 1.48. The van der Waals surface area contributed by atoms with Crippen LogP contribution in [0.15, 0.2) is 18.2 Å². The first-order chi connectivity index (χ1) is 10.6. The molecule has 0 radical (unpaired) electrons. The summed E-state index contributed by atoms with van der Waals surface area (Å²) in [5.74, 6) is -0.488. The molecule has 0 aromatic heterocycles. The standard InChI is InChI=1S/C17H22FNO3/c18-13-3-5-14-12(10-13)2-4-15(14)16(20)19-8-7-17(21)6-1-9-22-11-17/h3,5,10,15,21H,1-2,4,6-9,11H2,(H,19,20). The summed E-state index contributed by atoms with van der Waals surface area (Å²) in [6, 6.07) is 4.64. The van der Waals surface area contributed by atoms with Crippen molar-refractivity contribution in [2.45, 2.75) is 43.6 Å². The third-order valence-electron chi connectivity index (χ3n) is 4.69. The molecule has 0 bridgehead atoms. The van der Waals surface area contributed by atoms with Crippen LogP contribution >= 0.6 is 0 Å². The second-order valence-electron chi connectivity index (χ2n) is 6.36. The van der Waals surface area contributed by atoms with Gasteiger partial charge in [0.25, 0.3) is 0 Å². The van der Waals surface area contributed by atoms with Gasteiger partial charge in [-0.15, -0.1) is 0 Å². The van der Waals surface area contributed by atoms with Crippen LogP contribution in [0.2, 0.25) is 0 Å². The fourth-order valence-electron chi connectivity index (χ4n) is 3.43. The van der Waals surface area contributed by atoms with E-state index in [0.717, 1.165) is 30.4 Å². The maximum Gasteiger partial charge on any atom is 0.227 e. The van der Waals surface area contributed by atoms with Crippen LogP contribution in [0.1, 0.15) is 42.7 Å². The Morgan fingerprint density at radius 2 is 2.36 bits per heavy atom. The summed E-state index contributed by atoms with van der Waals surface area (Å²) in [5, 5.41) is 13.2. The molecule has 1 aliphatic heterocycles. The lowest BCUT2D eigenvalue weighted by Gasteiger charge is -2.32. The van der Waals surface area contributed by atoms with Gasteiger partial charge in [-0.1, -0.05) is 6.07 Å². The number of benzene rings is 1. The molecule has 1 fully saturated rings. The molecule has 5 heteroatoms. The molecule has 22 heavy (non-hydrogen) atoms. The van der Waals surface area contributed by atoms with Gasteiger partial charge in [0.2, 0.25) is 5.91 Å². The van der Waals surface area contributed by atoms with Gasteiger partial charge in [0.15, 0.2) is 0 Å². The Morgan fingerprint density at radius 1 is 1.50 bits per heavy atom. The molecule has 2 aliphatic rings. The molecule has 2 unspecified atom stereocenters. The Hall–Kier alpha value is -1.46. The van der Waals surface area contributed by atoms with Crippen molar-refractivity contribution in [3.05, 3.63) is 35.1 Å². The Bertz CT molecular complexity index is 555. The fourth-order valence-corrected chi connectivity index (χ4v) is 3.43. The zero-order valence-corrected chi connectivity index (χ0v) is 12.6. The van der Waals surface area contributed by atoms with Gasteiger partial charge >= 0.3 is 0 Å². The lowest BCUT2D eigenvalue weighted by Crippen LogP contribution is -2.42. The molecule has 1 heterocycles. The van der Waals surface area contributed by atoms with Crippen LogP contribution in [0.25, 0.3) is 0 Å². The predicted molar refractivity (Wildman–Crippen MR) is 80.1 cm³/mol. The van der Waals surface area contributed by atoms with Gasteiger partial charge in [0.05, 0.1) is 18.1 Å². The average Bonchev–Trinajstić information content (AvgIpc) is 2.90. The molecule has 1 saturated heterocycles. The van der Waals surface area contributed by atoms with Crippen molar-refractivity contribution in [3.8, 4) is 0 Å². The number of nitrogens with one attached hydrogen (secondary N) is 1. The Morgan fingerprint density at radius 3 is 3.14 bits per heavy atom. The van der Waals surface area contributed by atoms with Gasteiger partial charge in [-0.25, -0.2) is 4.39 Å². The lowest BCUT2D eigenvalue weighted by molar-refractivity contribution is -0.123. The van der Waals surface area contributed by atoms with Crippen LogP contribution < -0.4 is 5.32 Å². The van der Waals surface area contributed by atoms with E-state index in [-0.39, 0.29) is 17.6 Å². The molecule has 1 aliphatic carbocycles. The van der Waals surface area contributed by atoms with Crippen LogP contribution in [-0.2, 0) is 16.0 Å². The van der Waals surface area contributed by atoms with E-state index in [4.69, 9.17) is 4.74 Å². The van der Waals surface area contributed by atoms with E-state index in [1.807, 2.05) is 0 Å². The Labute approximate surface area is 129 Å². The highest BCUT2D eigenvalue weighted by Crippen LogP contribution is 2.33. The highest BCUT2D eigenvalue weighted by Gasteiger charge is 2.31. The number of aliphatic hydroxyl groups is 1. The second-order valence-corrected chi connectivity index (χ2v) is 6.36. The van der Waals surface area contributed by atoms with Crippen molar-refractivity contribution >= 4 is 5.91 Å². The SMILES string of the molecule is O=C(NCCC1(O)CCCOC1)C1CCc2cc(F)ccc21. The monoisotopic (exact) mass is 307 g/mol. The number of carbonyl (C=O) groups excluding carboxylic acids is 1. The van der Waals surface area contributed by atoms with Gasteiger partial charge in [-0.2, -0.15) is 0 Å². The highest BCUT2D eigenvalue weighted by atomic mass is 19.1. The molecule has 1 aromatic rings. The smallest absolute Gasteiger partial charge is 0.227 e. The van der Waals surface area contributed by atoms with Crippen molar-refractivity contribution in [2.75, 3.05) is 19.8 Å². The predicted octanol–water partition coefficient (Wildman–Crippen LogP) is 1.90. The number of hydrogen-bond acceptors (Lipinski definition) is 3. The molecule has 2 N–H and O–H groups in total. The van der Waals surface area contributed by atoms with Gasteiger partial charge < -0.3 is 15.2 Å². The molecular formula is C17H22FNO3. The Balaban J connectivity index is 1.53. The molecule has 0 spiro atoms. The zero-order valence-electron chi connectivity index (χ0n) is 12.6. The van der Waals surface area contributed by atoms with Crippen molar-refractivity contribution < 1.29 is 19.0 Å². The highest BCUT2D eigenvalue weighted by molar-refractivity contribution is 5.84. The number of amides is 1. The van der Waals surface area contributed by atoms with E-state index >= 15 is 0 Å². The second kappa shape index (κ2) is 6.34. The van der Waals surface area contributed by atoms with E-state index in [2.05, 4.69) is 5.32 Å². The van der Waals surface area contributed by atoms with Crippen molar-refractivity contribution in [3.63, 3.8) is 0 Å². The number of rotatable bonds is 4. The minimum atomic E-state index is -0.817. The fraction of sp³-hybridized carbons (Fsp3) is 0.588. The topological polar surface area (TPSA) is 58.6 Å². The maximum atomic E-state index is 13.2. The van der Waals surface area contributed by atoms with Crippen LogP contribution in [0, 0.1) is 5.82 Å². The van der Waals surface area contributed by atoms with E-state index in [9.17, 15) is 14.3 Å². The Kier molecular flexibility index (Phi) is 4.45. The number of carbonyl (C=O) groups is 1. The van der Waals surface area contributed by atoms with Gasteiger partial charge in [0, 0.05) is 13.2 Å². The van der Waals surface area contributed by atoms with Crippen LogP contribution in [0.5, 0.6) is 0 Å². The lowest BCUT2D eigenvalue weighted by atomic mass is 9.93. The minimum absolute atomic E-state index is 0.0364. The van der Waals surface area contributed by atoms with Crippen LogP contribution in [0.3, 0.4) is 0 Å². The van der Waals surface area contributed by atoms with Crippen LogP contribution in [-0.4, -0.2) is 36.4 Å².